The van der Waals surface area contributed by atoms with Crippen LogP contribution in [0.3, 0.4) is 0 Å². The molecular weight excluding hydrogens is 218 g/mol. The monoisotopic (exact) mass is 245 g/mol. The van der Waals surface area contributed by atoms with Crippen LogP contribution in [0.4, 0.5) is 0 Å². The second kappa shape index (κ2) is 5.32. The standard InChI is InChI=1S/C12H27NO2Si/c1-8-9(2)10(13)11(14)15-16(6,7)12(3,4)5/h9-10H,8,13H2,1-7H3. The van der Waals surface area contributed by atoms with Crippen molar-refractivity contribution in [2.45, 2.75) is 65.2 Å². The van der Waals surface area contributed by atoms with Crippen molar-refractivity contribution in [1.82, 2.24) is 0 Å². The van der Waals surface area contributed by atoms with Crippen LogP contribution in [-0.4, -0.2) is 20.3 Å². The number of carbonyl (C=O) groups is 1. The zero-order valence-corrected chi connectivity index (χ0v) is 12.8. The normalized spacial score (nSPS) is 16.8. The first-order chi connectivity index (χ1) is 7.03. The molecule has 0 aromatic rings. The Kier molecular flexibility index (Phi) is 5.20. The largest absolute Gasteiger partial charge is 0.518 e. The van der Waals surface area contributed by atoms with Crippen molar-refractivity contribution in [2.75, 3.05) is 0 Å². The van der Waals surface area contributed by atoms with Gasteiger partial charge in [-0.1, -0.05) is 41.0 Å². The van der Waals surface area contributed by atoms with E-state index < -0.39 is 14.4 Å². The topological polar surface area (TPSA) is 52.3 Å². The van der Waals surface area contributed by atoms with E-state index in [9.17, 15) is 4.79 Å². The molecular formula is C12H27NO2Si. The average Bonchev–Trinajstić information content (AvgIpc) is 2.12. The van der Waals surface area contributed by atoms with Gasteiger partial charge in [0, 0.05) is 0 Å². The van der Waals surface area contributed by atoms with Crippen molar-refractivity contribution in [3.8, 4) is 0 Å². The Hall–Kier alpha value is -0.353. The Labute approximate surface area is 101 Å². The highest BCUT2D eigenvalue weighted by Gasteiger charge is 2.41. The molecule has 4 heteroatoms. The van der Waals surface area contributed by atoms with Gasteiger partial charge in [-0.3, -0.25) is 4.79 Å². The summed E-state index contributed by atoms with van der Waals surface area (Å²) in [6, 6.07) is -0.487. The molecule has 0 radical (unpaired) electrons. The van der Waals surface area contributed by atoms with Crippen LogP contribution in [0.5, 0.6) is 0 Å². The van der Waals surface area contributed by atoms with Crippen LogP contribution < -0.4 is 5.73 Å². The lowest BCUT2D eigenvalue weighted by Gasteiger charge is -2.36. The molecule has 16 heavy (non-hydrogen) atoms. The van der Waals surface area contributed by atoms with Crippen LogP contribution in [0.2, 0.25) is 18.1 Å². The van der Waals surface area contributed by atoms with Crippen molar-refractivity contribution in [1.29, 1.82) is 0 Å². The highest BCUT2D eigenvalue weighted by Crippen LogP contribution is 2.36. The molecule has 0 spiro atoms. The number of nitrogens with two attached hydrogens (primary N) is 1. The molecule has 0 heterocycles. The summed E-state index contributed by atoms with van der Waals surface area (Å²) in [5.41, 5.74) is 5.87. The van der Waals surface area contributed by atoms with Gasteiger partial charge >= 0.3 is 5.97 Å². The Morgan fingerprint density at radius 2 is 1.81 bits per heavy atom. The highest BCUT2D eigenvalue weighted by molar-refractivity contribution is 6.75. The van der Waals surface area contributed by atoms with E-state index in [2.05, 4.69) is 33.9 Å². The fourth-order valence-corrected chi connectivity index (χ4v) is 1.90. The van der Waals surface area contributed by atoms with Gasteiger partial charge in [-0.05, 0) is 24.1 Å². The van der Waals surface area contributed by atoms with Crippen molar-refractivity contribution >= 4 is 14.3 Å². The molecule has 0 saturated carbocycles. The Bertz CT molecular complexity index is 246. The van der Waals surface area contributed by atoms with Crippen LogP contribution in [0.1, 0.15) is 41.0 Å². The van der Waals surface area contributed by atoms with Crippen molar-refractivity contribution in [3.05, 3.63) is 0 Å². The molecule has 3 nitrogen and oxygen atoms in total. The third-order valence-electron chi connectivity index (χ3n) is 3.69. The summed E-state index contributed by atoms with van der Waals surface area (Å²) >= 11 is 0. The Balaban J connectivity index is 4.57. The lowest BCUT2D eigenvalue weighted by molar-refractivity contribution is -0.138. The quantitative estimate of drug-likeness (QED) is 0.775. The van der Waals surface area contributed by atoms with E-state index in [-0.39, 0.29) is 16.9 Å². The molecule has 0 rings (SSSR count). The van der Waals surface area contributed by atoms with Gasteiger partial charge in [0.15, 0.2) is 0 Å². The van der Waals surface area contributed by atoms with E-state index in [1.807, 2.05) is 13.8 Å². The second-order valence-corrected chi connectivity index (χ2v) is 10.8. The smallest absolute Gasteiger partial charge is 0.309 e. The minimum absolute atomic E-state index is 0.0395. The van der Waals surface area contributed by atoms with Crippen molar-refractivity contribution in [3.63, 3.8) is 0 Å². The maximum Gasteiger partial charge on any atom is 0.309 e. The van der Waals surface area contributed by atoms with Crippen LogP contribution in [0, 0.1) is 5.92 Å². The minimum atomic E-state index is -2.02. The Morgan fingerprint density at radius 1 is 1.38 bits per heavy atom. The fourth-order valence-electron chi connectivity index (χ4n) is 0.959. The maximum absolute atomic E-state index is 11.9. The van der Waals surface area contributed by atoms with E-state index in [1.54, 1.807) is 0 Å². The molecule has 0 aromatic carbocycles. The van der Waals surface area contributed by atoms with E-state index >= 15 is 0 Å². The summed E-state index contributed by atoms with van der Waals surface area (Å²) in [6.07, 6.45) is 0.897. The number of rotatable bonds is 4. The Morgan fingerprint density at radius 3 is 2.12 bits per heavy atom. The lowest BCUT2D eigenvalue weighted by atomic mass is 10.0. The van der Waals surface area contributed by atoms with Crippen LogP contribution in [-0.2, 0) is 9.22 Å². The molecule has 0 aliphatic heterocycles. The van der Waals surface area contributed by atoms with Crippen molar-refractivity contribution < 1.29 is 9.22 Å². The second-order valence-electron chi connectivity index (χ2n) is 6.09. The first kappa shape index (κ1) is 15.6. The van der Waals surface area contributed by atoms with Crippen molar-refractivity contribution in [2.24, 2.45) is 11.7 Å². The van der Waals surface area contributed by atoms with Crippen LogP contribution >= 0.6 is 0 Å². The van der Waals surface area contributed by atoms with Crippen LogP contribution in [0.25, 0.3) is 0 Å². The predicted octanol–water partition coefficient (Wildman–Crippen LogP) is 2.91. The zero-order valence-electron chi connectivity index (χ0n) is 11.8. The fraction of sp³-hybridized carbons (Fsp3) is 0.917. The number of hydrogen-bond donors (Lipinski definition) is 1. The van der Waals surface area contributed by atoms with E-state index in [0.717, 1.165) is 6.42 Å². The van der Waals surface area contributed by atoms with E-state index in [0.29, 0.717) is 0 Å². The van der Waals surface area contributed by atoms with Gasteiger partial charge in [-0.15, -0.1) is 0 Å². The zero-order chi connectivity index (χ0) is 13.1. The van der Waals surface area contributed by atoms with Crippen LogP contribution in [0.15, 0.2) is 0 Å². The number of hydrogen-bond acceptors (Lipinski definition) is 3. The predicted molar refractivity (Wildman–Crippen MR) is 70.7 cm³/mol. The molecule has 0 fully saturated rings. The summed E-state index contributed by atoms with van der Waals surface area (Å²) in [5, 5.41) is 0.0395. The molecule has 2 N–H and O–H groups in total. The van der Waals surface area contributed by atoms with Gasteiger partial charge in [0.05, 0.1) is 0 Å². The third-order valence-corrected chi connectivity index (χ3v) is 8.01. The average molecular weight is 245 g/mol. The third kappa shape index (κ3) is 3.90. The maximum atomic E-state index is 11.9. The molecule has 0 aliphatic carbocycles. The molecule has 96 valence electrons. The lowest BCUT2D eigenvalue weighted by Crippen LogP contribution is -2.48. The van der Waals surface area contributed by atoms with E-state index in [4.69, 9.17) is 10.2 Å². The molecule has 0 saturated heterocycles. The summed E-state index contributed by atoms with van der Waals surface area (Å²) in [7, 11) is -2.02. The molecule has 0 bridgehead atoms. The molecule has 0 aromatic heterocycles. The summed E-state index contributed by atoms with van der Waals surface area (Å²) < 4.78 is 5.66. The first-order valence-electron chi connectivity index (χ1n) is 6.01. The van der Waals surface area contributed by atoms with Gasteiger partial charge in [-0.2, -0.15) is 0 Å². The molecule has 2 unspecified atom stereocenters. The summed E-state index contributed by atoms with van der Waals surface area (Å²) in [6.45, 7) is 14.5. The molecule has 0 aliphatic rings. The SMILES string of the molecule is CCC(C)C(N)C(=O)O[Si](C)(C)C(C)(C)C. The summed E-state index contributed by atoms with van der Waals surface area (Å²) in [5.74, 6) is -0.0572. The van der Waals surface area contributed by atoms with Gasteiger partial charge in [0.1, 0.15) is 6.04 Å². The number of carbonyl (C=O) groups excluding carboxylic acids is 1. The first-order valence-corrected chi connectivity index (χ1v) is 8.92. The summed E-state index contributed by atoms with van der Waals surface area (Å²) in [4.78, 5) is 11.9. The van der Waals surface area contributed by atoms with Gasteiger partial charge < -0.3 is 10.2 Å². The molecule has 2 atom stereocenters. The van der Waals surface area contributed by atoms with E-state index in [1.165, 1.54) is 0 Å². The highest BCUT2D eigenvalue weighted by atomic mass is 28.4. The van der Waals surface area contributed by atoms with Gasteiger partial charge in [-0.25, -0.2) is 0 Å². The molecule has 0 amide bonds. The van der Waals surface area contributed by atoms with Gasteiger partial charge in [0.25, 0.3) is 8.32 Å². The minimum Gasteiger partial charge on any atom is -0.518 e. The van der Waals surface area contributed by atoms with Gasteiger partial charge in [0.2, 0.25) is 0 Å².